The van der Waals surface area contributed by atoms with E-state index in [4.69, 9.17) is 0 Å². The molecular formula is C17H21Br3. The van der Waals surface area contributed by atoms with Gasteiger partial charge in [0.2, 0.25) is 0 Å². The molecule has 0 bridgehead atoms. The average molecular weight is 465 g/mol. The normalized spacial score (nSPS) is 31.6. The number of benzene rings is 1. The molecule has 3 heteroatoms. The number of alkyl halides is 1. The summed E-state index contributed by atoms with van der Waals surface area (Å²) < 4.78 is 2.40. The summed E-state index contributed by atoms with van der Waals surface area (Å²) in [6.45, 7) is 0. The van der Waals surface area contributed by atoms with Gasteiger partial charge in [-0.1, -0.05) is 73.5 Å². The van der Waals surface area contributed by atoms with Crippen molar-refractivity contribution in [2.45, 2.75) is 49.8 Å². The van der Waals surface area contributed by atoms with Crippen LogP contribution < -0.4 is 0 Å². The molecule has 0 radical (unpaired) electrons. The maximum absolute atomic E-state index is 4.00. The van der Waals surface area contributed by atoms with E-state index in [-0.39, 0.29) is 0 Å². The molecule has 3 rings (SSSR count). The van der Waals surface area contributed by atoms with Gasteiger partial charge in [-0.2, -0.15) is 0 Å². The van der Waals surface area contributed by atoms with Crippen molar-refractivity contribution < 1.29 is 0 Å². The molecule has 0 heterocycles. The van der Waals surface area contributed by atoms with E-state index in [0.717, 1.165) is 17.8 Å². The van der Waals surface area contributed by atoms with Crippen molar-refractivity contribution >= 4 is 47.8 Å². The molecule has 1 aromatic carbocycles. The Bertz CT molecular complexity index is 471. The van der Waals surface area contributed by atoms with E-state index >= 15 is 0 Å². The van der Waals surface area contributed by atoms with Gasteiger partial charge in [-0.3, -0.25) is 0 Å². The Kier molecular flexibility index (Phi) is 5.31. The van der Waals surface area contributed by atoms with Gasteiger partial charge in [0.1, 0.15) is 0 Å². The number of fused-ring (bicyclic) bond motifs is 1. The van der Waals surface area contributed by atoms with Gasteiger partial charge in [0.05, 0.1) is 0 Å². The summed E-state index contributed by atoms with van der Waals surface area (Å²) in [5, 5.41) is 0. The Morgan fingerprint density at radius 3 is 2.50 bits per heavy atom. The first-order valence-electron chi connectivity index (χ1n) is 7.74. The Balaban J connectivity index is 1.74. The fraction of sp³-hybridized carbons (Fsp3) is 0.647. The highest BCUT2D eigenvalue weighted by Gasteiger charge is 2.35. The van der Waals surface area contributed by atoms with Gasteiger partial charge in [0.25, 0.3) is 0 Å². The van der Waals surface area contributed by atoms with Crippen LogP contribution in [-0.4, -0.2) is 0 Å². The molecule has 4 atom stereocenters. The van der Waals surface area contributed by atoms with Crippen LogP contribution in [0.3, 0.4) is 0 Å². The first-order chi connectivity index (χ1) is 9.65. The standard InChI is InChI=1S/C17H21Br3/c18-14-7-8-16(19)15(10-14)17(20)13-6-5-11-3-1-2-4-12(11)9-13/h7-8,10-13,17H,1-6,9H2. The molecule has 0 aromatic heterocycles. The Labute approximate surface area is 147 Å². The van der Waals surface area contributed by atoms with Gasteiger partial charge in [-0.25, -0.2) is 0 Å². The number of halogens is 3. The van der Waals surface area contributed by atoms with Crippen LogP contribution in [-0.2, 0) is 0 Å². The van der Waals surface area contributed by atoms with Gasteiger partial charge >= 0.3 is 0 Å². The quantitative estimate of drug-likeness (QED) is 0.404. The van der Waals surface area contributed by atoms with Crippen molar-refractivity contribution in [3.63, 3.8) is 0 Å². The van der Waals surface area contributed by atoms with Gasteiger partial charge < -0.3 is 0 Å². The molecule has 0 aliphatic heterocycles. The number of rotatable bonds is 2. The molecule has 20 heavy (non-hydrogen) atoms. The van der Waals surface area contributed by atoms with E-state index in [9.17, 15) is 0 Å². The minimum absolute atomic E-state index is 0.484. The molecule has 110 valence electrons. The van der Waals surface area contributed by atoms with E-state index in [1.807, 2.05) is 0 Å². The third kappa shape index (κ3) is 3.35. The molecule has 2 saturated carbocycles. The largest absolute Gasteiger partial charge is 0.0835 e. The smallest absolute Gasteiger partial charge is 0.0435 e. The zero-order valence-electron chi connectivity index (χ0n) is 11.6. The lowest BCUT2D eigenvalue weighted by molar-refractivity contribution is 0.129. The maximum Gasteiger partial charge on any atom is 0.0435 e. The minimum Gasteiger partial charge on any atom is -0.0835 e. The minimum atomic E-state index is 0.484. The van der Waals surface area contributed by atoms with E-state index in [1.165, 1.54) is 59.5 Å². The van der Waals surface area contributed by atoms with Crippen molar-refractivity contribution in [3.05, 3.63) is 32.7 Å². The van der Waals surface area contributed by atoms with E-state index < -0.39 is 0 Å². The van der Waals surface area contributed by atoms with Gasteiger partial charge in [0.15, 0.2) is 0 Å². The van der Waals surface area contributed by atoms with Crippen LogP contribution in [0.2, 0.25) is 0 Å². The number of hydrogen-bond acceptors (Lipinski definition) is 0. The summed E-state index contributed by atoms with van der Waals surface area (Å²) in [7, 11) is 0. The summed E-state index contributed by atoms with van der Waals surface area (Å²) in [6.07, 6.45) is 10.1. The second-order valence-corrected chi connectivity index (χ2v) is 9.20. The van der Waals surface area contributed by atoms with Crippen LogP contribution in [0.1, 0.15) is 55.3 Å². The first kappa shape index (κ1) is 15.6. The molecule has 0 spiro atoms. The molecule has 2 aliphatic rings. The topological polar surface area (TPSA) is 0 Å². The summed E-state index contributed by atoms with van der Waals surface area (Å²) >= 11 is 11.3. The molecule has 0 amide bonds. The molecule has 0 saturated heterocycles. The highest BCUT2D eigenvalue weighted by atomic mass is 79.9. The predicted octanol–water partition coefficient (Wildman–Crippen LogP) is 7.25. The van der Waals surface area contributed by atoms with Crippen LogP contribution in [0.5, 0.6) is 0 Å². The SMILES string of the molecule is Brc1ccc(Br)c(C(Br)C2CCC3CCCCC3C2)c1. The zero-order valence-corrected chi connectivity index (χ0v) is 16.4. The van der Waals surface area contributed by atoms with Crippen LogP contribution in [0.4, 0.5) is 0 Å². The third-order valence-corrected chi connectivity index (χ3v) is 7.71. The van der Waals surface area contributed by atoms with Crippen molar-refractivity contribution in [2.75, 3.05) is 0 Å². The monoisotopic (exact) mass is 462 g/mol. The second-order valence-electron chi connectivity index (χ2n) is 6.45. The lowest BCUT2D eigenvalue weighted by atomic mass is 9.66. The predicted molar refractivity (Wildman–Crippen MR) is 96.3 cm³/mol. The van der Waals surface area contributed by atoms with E-state index in [0.29, 0.717) is 4.83 Å². The van der Waals surface area contributed by atoms with Crippen molar-refractivity contribution in [3.8, 4) is 0 Å². The first-order valence-corrected chi connectivity index (χ1v) is 10.2. The van der Waals surface area contributed by atoms with Gasteiger partial charge in [-0.15, -0.1) is 0 Å². The Morgan fingerprint density at radius 1 is 0.950 bits per heavy atom. The van der Waals surface area contributed by atoms with Crippen LogP contribution in [0, 0.1) is 17.8 Å². The van der Waals surface area contributed by atoms with Gasteiger partial charge in [0, 0.05) is 13.8 Å². The fourth-order valence-electron chi connectivity index (χ4n) is 4.16. The van der Waals surface area contributed by atoms with Crippen LogP contribution in [0.15, 0.2) is 27.1 Å². The molecular weight excluding hydrogens is 444 g/mol. The fourth-order valence-corrected chi connectivity index (χ4v) is 6.19. The highest BCUT2D eigenvalue weighted by Crippen LogP contribution is 2.49. The van der Waals surface area contributed by atoms with E-state index in [1.54, 1.807) is 0 Å². The lowest BCUT2D eigenvalue weighted by Gasteiger charge is -2.41. The van der Waals surface area contributed by atoms with Crippen molar-refractivity contribution in [1.29, 1.82) is 0 Å². The summed E-state index contributed by atoms with van der Waals surface area (Å²) in [4.78, 5) is 0.484. The molecule has 0 nitrogen and oxygen atoms in total. The van der Waals surface area contributed by atoms with Crippen LogP contribution >= 0.6 is 47.8 Å². The Morgan fingerprint density at radius 2 is 1.70 bits per heavy atom. The summed E-state index contributed by atoms with van der Waals surface area (Å²) in [5.41, 5.74) is 1.40. The zero-order chi connectivity index (χ0) is 14.1. The van der Waals surface area contributed by atoms with Crippen LogP contribution in [0.25, 0.3) is 0 Å². The maximum atomic E-state index is 4.00. The Hall–Kier alpha value is 0.660. The molecule has 4 unspecified atom stereocenters. The molecule has 2 fully saturated rings. The number of hydrogen-bond donors (Lipinski definition) is 0. The molecule has 2 aliphatic carbocycles. The van der Waals surface area contributed by atoms with Crippen molar-refractivity contribution in [2.24, 2.45) is 17.8 Å². The summed E-state index contributed by atoms with van der Waals surface area (Å²) in [6, 6.07) is 6.52. The van der Waals surface area contributed by atoms with Crippen molar-refractivity contribution in [1.82, 2.24) is 0 Å². The second kappa shape index (κ2) is 6.83. The lowest BCUT2D eigenvalue weighted by Crippen LogP contribution is -2.29. The molecule has 1 aromatic rings. The summed E-state index contributed by atoms with van der Waals surface area (Å²) in [5.74, 6) is 2.82. The van der Waals surface area contributed by atoms with Gasteiger partial charge in [-0.05, 0) is 60.8 Å². The highest BCUT2D eigenvalue weighted by molar-refractivity contribution is 9.11. The molecule has 0 N–H and O–H groups in total. The average Bonchev–Trinajstić information content (AvgIpc) is 2.48. The van der Waals surface area contributed by atoms with E-state index in [2.05, 4.69) is 66.0 Å². The third-order valence-electron chi connectivity index (χ3n) is 5.25.